The molecule has 2 heterocycles. The number of para-hydroxylation sites is 1. The van der Waals surface area contributed by atoms with Gasteiger partial charge in [0, 0.05) is 40.8 Å². The van der Waals surface area contributed by atoms with Crippen molar-refractivity contribution in [1.29, 1.82) is 0 Å². The third kappa shape index (κ3) is 4.15. The number of aromatic nitrogens is 1. The van der Waals surface area contributed by atoms with E-state index in [1.165, 1.54) is 10.4 Å². The van der Waals surface area contributed by atoms with E-state index < -0.39 is 10.0 Å². The fraction of sp³-hybridized carbons (Fsp3) is 0.160. The van der Waals surface area contributed by atoms with Crippen LogP contribution in [0.15, 0.2) is 77.8 Å². The van der Waals surface area contributed by atoms with Crippen molar-refractivity contribution in [2.75, 3.05) is 20.3 Å². The van der Waals surface area contributed by atoms with Crippen molar-refractivity contribution in [3.63, 3.8) is 0 Å². The molecule has 0 amide bonds. The lowest BCUT2D eigenvalue weighted by molar-refractivity contribution is 0.279. The summed E-state index contributed by atoms with van der Waals surface area (Å²) < 4.78 is 39.6. The van der Waals surface area contributed by atoms with Crippen LogP contribution in [0.25, 0.3) is 22.0 Å². The van der Waals surface area contributed by atoms with Gasteiger partial charge in [0.05, 0.1) is 17.5 Å². The van der Waals surface area contributed by atoms with E-state index in [1.54, 1.807) is 25.3 Å². The highest BCUT2D eigenvalue weighted by molar-refractivity contribution is 7.89. The SMILES string of the molecule is COc1cc(-c2cnc3ccccc3c2)cc2c1OCCN(S(=O)(=O)c1cccc(Cl)c1)C2. The van der Waals surface area contributed by atoms with Gasteiger partial charge in [-0.05, 0) is 48.0 Å². The highest BCUT2D eigenvalue weighted by atomic mass is 35.5. The molecule has 8 heteroatoms. The van der Waals surface area contributed by atoms with Crippen LogP contribution in [0.5, 0.6) is 11.5 Å². The standard InChI is InChI=1S/C25H21ClN2O4S/c1-31-24-13-18(19-11-17-5-2-3-8-23(17)27-15-19)12-20-16-28(9-10-32-25(20)24)33(29,30)22-7-4-6-21(26)14-22/h2-8,11-15H,9-10,16H2,1H3. The second-order valence-corrected chi connectivity index (χ2v) is 10.1. The molecule has 0 N–H and O–H groups in total. The number of methoxy groups -OCH3 is 1. The summed E-state index contributed by atoms with van der Waals surface area (Å²) in [4.78, 5) is 4.71. The Bertz CT molecular complexity index is 1460. The number of benzene rings is 3. The molecule has 0 atom stereocenters. The topological polar surface area (TPSA) is 68.7 Å². The summed E-state index contributed by atoms with van der Waals surface area (Å²) in [6.45, 7) is 0.564. The molecule has 4 aromatic rings. The Morgan fingerprint density at radius 2 is 1.88 bits per heavy atom. The maximum atomic E-state index is 13.3. The Balaban J connectivity index is 1.57. The van der Waals surface area contributed by atoms with Crippen molar-refractivity contribution in [3.05, 3.63) is 83.5 Å². The van der Waals surface area contributed by atoms with Gasteiger partial charge in [0.2, 0.25) is 10.0 Å². The summed E-state index contributed by atoms with van der Waals surface area (Å²) in [5, 5.41) is 1.39. The van der Waals surface area contributed by atoms with Crippen LogP contribution in [-0.4, -0.2) is 38.0 Å². The molecule has 6 nitrogen and oxygen atoms in total. The number of hydrogen-bond acceptors (Lipinski definition) is 5. The molecule has 0 fully saturated rings. The molecule has 0 saturated carbocycles. The second kappa shape index (κ2) is 8.67. The minimum Gasteiger partial charge on any atom is -0.493 e. The number of fused-ring (bicyclic) bond motifs is 2. The summed E-state index contributed by atoms with van der Waals surface area (Å²) in [5.41, 5.74) is 3.41. The zero-order chi connectivity index (χ0) is 23.0. The number of rotatable bonds is 4. The average molecular weight is 481 g/mol. The van der Waals surface area contributed by atoms with E-state index >= 15 is 0 Å². The fourth-order valence-corrected chi connectivity index (χ4v) is 5.69. The molecular weight excluding hydrogens is 460 g/mol. The van der Waals surface area contributed by atoms with E-state index in [0.29, 0.717) is 16.5 Å². The number of hydrogen-bond donors (Lipinski definition) is 0. The summed E-state index contributed by atoms with van der Waals surface area (Å²) in [7, 11) is -2.18. The molecule has 1 aromatic heterocycles. The van der Waals surface area contributed by atoms with Gasteiger partial charge in [-0.25, -0.2) is 8.42 Å². The molecule has 3 aromatic carbocycles. The Morgan fingerprint density at radius 3 is 2.70 bits per heavy atom. The molecule has 1 aliphatic rings. The normalized spacial score (nSPS) is 14.4. The van der Waals surface area contributed by atoms with Crippen LogP contribution < -0.4 is 9.47 Å². The predicted molar refractivity (Wildman–Crippen MR) is 128 cm³/mol. The number of ether oxygens (including phenoxy) is 2. The molecule has 33 heavy (non-hydrogen) atoms. The number of halogens is 1. The molecule has 168 valence electrons. The van der Waals surface area contributed by atoms with Crippen molar-refractivity contribution in [2.45, 2.75) is 11.4 Å². The van der Waals surface area contributed by atoms with Gasteiger partial charge in [-0.3, -0.25) is 4.98 Å². The van der Waals surface area contributed by atoms with Gasteiger partial charge in [0.15, 0.2) is 11.5 Å². The quantitative estimate of drug-likeness (QED) is 0.404. The average Bonchev–Trinajstić information content (AvgIpc) is 3.06. The van der Waals surface area contributed by atoms with E-state index in [0.717, 1.165) is 27.6 Å². The monoisotopic (exact) mass is 480 g/mol. The van der Waals surface area contributed by atoms with E-state index in [9.17, 15) is 8.42 Å². The molecule has 0 spiro atoms. The highest BCUT2D eigenvalue weighted by Crippen LogP contribution is 2.39. The van der Waals surface area contributed by atoms with Gasteiger partial charge in [0.25, 0.3) is 0 Å². The van der Waals surface area contributed by atoms with Crippen LogP contribution in [0.2, 0.25) is 5.02 Å². The molecule has 0 radical (unpaired) electrons. The molecule has 0 aliphatic carbocycles. The Morgan fingerprint density at radius 1 is 1.03 bits per heavy atom. The van der Waals surface area contributed by atoms with E-state index in [1.807, 2.05) is 42.6 Å². The van der Waals surface area contributed by atoms with Gasteiger partial charge in [-0.15, -0.1) is 0 Å². The van der Waals surface area contributed by atoms with Crippen LogP contribution in [0, 0.1) is 0 Å². The van der Waals surface area contributed by atoms with Crippen molar-refractivity contribution in [3.8, 4) is 22.6 Å². The summed E-state index contributed by atoms with van der Waals surface area (Å²) in [6.07, 6.45) is 1.81. The molecule has 5 rings (SSSR count). The maximum Gasteiger partial charge on any atom is 0.243 e. The molecule has 0 bridgehead atoms. The second-order valence-electron chi connectivity index (χ2n) is 7.73. The third-order valence-electron chi connectivity index (χ3n) is 5.64. The highest BCUT2D eigenvalue weighted by Gasteiger charge is 2.29. The largest absolute Gasteiger partial charge is 0.493 e. The number of pyridine rings is 1. The van der Waals surface area contributed by atoms with Gasteiger partial charge in [-0.2, -0.15) is 4.31 Å². The smallest absolute Gasteiger partial charge is 0.243 e. The van der Waals surface area contributed by atoms with Gasteiger partial charge < -0.3 is 9.47 Å². The van der Waals surface area contributed by atoms with Crippen LogP contribution >= 0.6 is 11.6 Å². The first-order valence-corrected chi connectivity index (χ1v) is 12.2. The van der Waals surface area contributed by atoms with E-state index in [-0.39, 0.29) is 24.6 Å². The first kappa shape index (κ1) is 21.7. The van der Waals surface area contributed by atoms with Gasteiger partial charge in [-0.1, -0.05) is 35.9 Å². The van der Waals surface area contributed by atoms with Gasteiger partial charge in [0.1, 0.15) is 6.61 Å². The lowest BCUT2D eigenvalue weighted by Crippen LogP contribution is -2.32. The van der Waals surface area contributed by atoms with Crippen molar-refractivity contribution in [1.82, 2.24) is 9.29 Å². The van der Waals surface area contributed by atoms with Crippen LogP contribution in [0.3, 0.4) is 0 Å². The Labute approximate surface area is 197 Å². The summed E-state index contributed by atoms with van der Waals surface area (Å²) in [6, 6.07) is 20.1. The lowest BCUT2D eigenvalue weighted by atomic mass is 10.0. The maximum absolute atomic E-state index is 13.3. The third-order valence-corrected chi connectivity index (χ3v) is 7.72. The van der Waals surface area contributed by atoms with Crippen LogP contribution in [0.4, 0.5) is 0 Å². The minimum atomic E-state index is -3.76. The van der Waals surface area contributed by atoms with Crippen molar-refractivity contribution >= 4 is 32.5 Å². The van der Waals surface area contributed by atoms with Crippen molar-refractivity contribution in [2.24, 2.45) is 0 Å². The molecule has 0 saturated heterocycles. The number of sulfonamides is 1. The first-order chi connectivity index (χ1) is 16.0. The first-order valence-electron chi connectivity index (χ1n) is 10.4. The molecule has 0 unspecified atom stereocenters. The lowest BCUT2D eigenvalue weighted by Gasteiger charge is -2.20. The molecular formula is C25H21ClN2O4S. The summed E-state index contributed by atoms with van der Waals surface area (Å²) >= 11 is 6.04. The van der Waals surface area contributed by atoms with Crippen molar-refractivity contribution < 1.29 is 17.9 Å². The zero-order valence-corrected chi connectivity index (χ0v) is 19.4. The zero-order valence-electron chi connectivity index (χ0n) is 17.9. The van der Waals surface area contributed by atoms with E-state index in [4.69, 9.17) is 21.1 Å². The Hall–Kier alpha value is -3.13. The number of nitrogens with zero attached hydrogens (tertiary/aromatic N) is 2. The Kier molecular flexibility index (Phi) is 5.70. The molecule has 1 aliphatic heterocycles. The van der Waals surface area contributed by atoms with Gasteiger partial charge >= 0.3 is 0 Å². The van der Waals surface area contributed by atoms with E-state index in [2.05, 4.69) is 11.1 Å². The predicted octanol–water partition coefficient (Wildman–Crippen LogP) is 5.15. The minimum absolute atomic E-state index is 0.148. The fourth-order valence-electron chi connectivity index (χ4n) is 3.99. The van der Waals surface area contributed by atoms with Crippen LogP contribution in [0.1, 0.15) is 5.56 Å². The summed E-state index contributed by atoms with van der Waals surface area (Å²) in [5.74, 6) is 1.11. The van der Waals surface area contributed by atoms with Crippen LogP contribution in [-0.2, 0) is 16.6 Å².